The van der Waals surface area contributed by atoms with Crippen molar-refractivity contribution < 1.29 is 23.8 Å². The van der Waals surface area contributed by atoms with Crippen molar-refractivity contribution in [3.63, 3.8) is 0 Å². The molecule has 1 amide bonds. The summed E-state index contributed by atoms with van der Waals surface area (Å²) in [5.41, 5.74) is 6.16. The minimum Gasteiger partial charge on any atom is -0.503 e. The summed E-state index contributed by atoms with van der Waals surface area (Å²) in [5, 5.41) is 13.0. The van der Waals surface area contributed by atoms with Crippen LogP contribution in [-0.4, -0.2) is 25.2 Å². The number of methoxy groups -OCH3 is 2. The van der Waals surface area contributed by atoms with Crippen LogP contribution in [0.5, 0.6) is 17.2 Å². The van der Waals surface area contributed by atoms with Crippen LogP contribution in [0, 0.1) is 0 Å². The number of allylic oxidation sites excluding steroid dienone is 3. The number of carbonyl (C=O) groups is 1. The quantitative estimate of drug-likeness (QED) is 0.385. The average molecular weight is 524 g/mol. The molecule has 0 spiro atoms. The number of amides is 1. The molecular formula is C27H26BrNO5. The molecule has 0 saturated carbocycles. The van der Waals surface area contributed by atoms with Crippen molar-refractivity contribution >= 4 is 33.0 Å². The fourth-order valence-electron chi connectivity index (χ4n) is 4.13. The maximum Gasteiger partial charge on any atom is 0.224 e. The van der Waals surface area contributed by atoms with Gasteiger partial charge < -0.3 is 24.3 Å². The van der Waals surface area contributed by atoms with E-state index in [0.717, 1.165) is 39.2 Å². The molecule has 1 aromatic heterocycles. The summed E-state index contributed by atoms with van der Waals surface area (Å²) in [6, 6.07) is 13.3. The monoisotopic (exact) mass is 523 g/mol. The molecule has 1 aliphatic carbocycles. The second kappa shape index (κ2) is 10.2. The Labute approximate surface area is 207 Å². The minimum atomic E-state index is -0.0760. The lowest BCUT2D eigenvalue weighted by molar-refractivity contribution is -0.120. The van der Waals surface area contributed by atoms with E-state index in [9.17, 15) is 9.90 Å². The number of benzene rings is 2. The zero-order chi connectivity index (χ0) is 24.2. The molecule has 3 aromatic rings. The molecule has 2 N–H and O–H groups in total. The number of ether oxygens (including phenoxy) is 2. The number of fused-ring (bicyclic) bond motifs is 1. The summed E-state index contributed by atoms with van der Waals surface area (Å²) in [6.45, 7) is 2.39. The molecule has 1 heterocycles. The van der Waals surface area contributed by atoms with Crippen LogP contribution in [0.4, 0.5) is 0 Å². The fourth-order valence-corrected chi connectivity index (χ4v) is 4.62. The van der Waals surface area contributed by atoms with Crippen molar-refractivity contribution in [3.8, 4) is 17.2 Å². The molecule has 176 valence electrons. The molecule has 6 nitrogen and oxygen atoms in total. The number of halogens is 1. The van der Waals surface area contributed by atoms with E-state index in [-0.39, 0.29) is 18.1 Å². The van der Waals surface area contributed by atoms with Crippen LogP contribution >= 0.6 is 15.9 Å². The van der Waals surface area contributed by atoms with E-state index in [1.807, 2.05) is 43.3 Å². The van der Waals surface area contributed by atoms with Gasteiger partial charge in [0.05, 0.1) is 37.9 Å². The third-order valence-electron chi connectivity index (χ3n) is 5.93. The first-order valence-electron chi connectivity index (χ1n) is 10.8. The predicted molar refractivity (Wildman–Crippen MR) is 135 cm³/mol. The number of aromatic hydroxyl groups is 1. The van der Waals surface area contributed by atoms with Crippen LogP contribution in [0.1, 0.15) is 35.8 Å². The standard InChI is InChI=1S/C27H26BrNO5/c1-16-20(8-6-17-11-24(28)27(31)25(12-17)33-3)21-9-7-18(32-2)13-23(21)22(16)14-26(30)29-15-19-5-4-10-34-19/h4-5,7-13,31H,6,14-15H2,1-3H3,(H,29,30)/b20-8-. The van der Waals surface area contributed by atoms with Gasteiger partial charge in [-0.25, -0.2) is 0 Å². The van der Waals surface area contributed by atoms with Gasteiger partial charge >= 0.3 is 0 Å². The van der Waals surface area contributed by atoms with E-state index in [1.54, 1.807) is 19.4 Å². The third-order valence-corrected chi connectivity index (χ3v) is 6.53. The van der Waals surface area contributed by atoms with Crippen molar-refractivity contribution in [2.45, 2.75) is 26.3 Å². The van der Waals surface area contributed by atoms with E-state index >= 15 is 0 Å². The first-order chi connectivity index (χ1) is 16.4. The summed E-state index contributed by atoms with van der Waals surface area (Å²) < 4.78 is 16.6. The van der Waals surface area contributed by atoms with Gasteiger partial charge in [-0.1, -0.05) is 12.1 Å². The molecule has 0 bridgehead atoms. The number of carbonyl (C=O) groups excluding carboxylic acids is 1. The van der Waals surface area contributed by atoms with E-state index in [2.05, 4.69) is 27.3 Å². The molecule has 0 unspecified atom stereocenters. The molecule has 7 heteroatoms. The van der Waals surface area contributed by atoms with Gasteiger partial charge in [-0.2, -0.15) is 0 Å². The highest BCUT2D eigenvalue weighted by atomic mass is 79.9. The molecule has 0 radical (unpaired) electrons. The van der Waals surface area contributed by atoms with Gasteiger partial charge in [0.2, 0.25) is 5.91 Å². The van der Waals surface area contributed by atoms with E-state index in [4.69, 9.17) is 13.9 Å². The first-order valence-corrected chi connectivity index (χ1v) is 11.6. The maximum absolute atomic E-state index is 12.7. The average Bonchev–Trinajstić information content (AvgIpc) is 3.45. The molecule has 0 saturated heterocycles. The van der Waals surface area contributed by atoms with Crippen LogP contribution < -0.4 is 14.8 Å². The van der Waals surface area contributed by atoms with Crippen molar-refractivity contribution in [2.24, 2.45) is 0 Å². The van der Waals surface area contributed by atoms with Crippen LogP contribution in [0.15, 0.2) is 69.3 Å². The topological polar surface area (TPSA) is 80.9 Å². The Hall–Kier alpha value is -3.45. The second-order valence-corrected chi connectivity index (χ2v) is 8.85. The molecule has 2 aromatic carbocycles. The highest BCUT2D eigenvalue weighted by Gasteiger charge is 2.25. The summed E-state index contributed by atoms with van der Waals surface area (Å²) in [5.74, 6) is 1.88. The lowest BCUT2D eigenvalue weighted by Crippen LogP contribution is -2.22. The second-order valence-electron chi connectivity index (χ2n) is 8.00. The molecule has 0 aliphatic heterocycles. The zero-order valence-corrected chi connectivity index (χ0v) is 20.9. The largest absolute Gasteiger partial charge is 0.503 e. The Kier molecular flexibility index (Phi) is 7.12. The van der Waals surface area contributed by atoms with Crippen LogP contribution in [0.25, 0.3) is 11.1 Å². The van der Waals surface area contributed by atoms with Gasteiger partial charge in [-0.3, -0.25) is 4.79 Å². The van der Waals surface area contributed by atoms with Gasteiger partial charge in [0.15, 0.2) is 11.5 Å². The Balaban J connectivity index is 1.63. The van der Waals surface area contributed by atoms with Gasteiger partial charge in [0.25, 0.3) is 0 Å². The molecule has 0 fully saturated rings. The van der Waals surface area contributed by atoms with Crippen LogP contribution in [0.3, 0.4) is 0 Å². The van der Waals surface area contributed by atoms with Gasteiger partial charge in [0.1, 0.15) is 11.5 Å². The molecule has 0 atom stereocenters. The zero-order valence-electron chi connectivity index (χ0n) is 19.3. The van der Waals surface area contributed by atoms with Crippen molar-refractivity contribution in [3.05, 3.63) is 87.3 Å². The van der Waals surface area contributed by atoms with E-state index < -0.39 is 0 Å². The lowest BCUT2D eigenvalue weighted by atomic mass is 10.00. The summed E-state index contributed by atoms with van der Waals surface area (Å²) >= 11 is 3.39. The fraction of sp³-hybridized carbons (Fsp3) is 0.222. The highest BCUT2D eigenvalue weighted by molar-refractivity contribution is 9.10. The maximum atomic E-state index is 12.7. The first kappa shape index (κ1) is 23.7. The van der Waals surface area contributed by atoms with E-state index in [0.29, 0.717) is 28.9 Å². The summed E-state index contributed by atoms with van der Waals surface area (Å²) in [4.78, 5) is 12.7. The van der Waals surface area contributed by atoms with Gasteiger partial charge in [-0.05, 0) is 99.1 Å². The highest BCUT2D eigenvalue weighted by Crippen LogP contribution is 2.44. The lowest BCUT2D eigenvalue weighted by Gasteiger charge is -2.09. The molecule has 4 rings (SSSR count). The van der Waals surface area contributed by atoms with Crippen LogP contribution in [0.2, 0.25) is 0 Å². The number of hydrogen-bond acceptors (Lipinski definition) is 5. The SMILES string of the molecule is COc1ccc2c(c1)C(CC(=O)NCc1ccco1)=C(C)/C2=C/Cc1cc(Br)c(O)c(OC)c1. The number of furan rings is 1. The summed E-state index contributed by atoms with van der Waals surface area (Å²) in [6.07, 6.45) is 4.62. The van der Waals surface area contributed by atoms with Crippen molar-refractivity contribution in [2.75, 3.05) is 14.2 Å². The van der Waals surface area contributed by atoms with Crippen LogP contribution in [-0.2, 0) is 17.8 Å². The van der Waals surface area contributed by atoms with Crippen molar-refractivity contribution in [1.82, 2.24) is 5.32 Å². The molecule has 34 heavy (non-hydrogen) atoms. The Morgan fingerprint density at radius 3 is 2.68 bits per heavy atom. The Morgan fingerprint density at radius 1 is 1.15 bits per heavy atom. The number of nitrogens with one attached hydrogen (secondary N) is 1. The summed E-state index contributed by atoms with van der Waals surface area (Å²) in [7, 11) is 3.16. The Bertz CT molecular complexity index is 1270. The normalized spacial score (nSPS) is 13.8. The van der Waals surface area contributed by atoms with E-state index in [1.165, 1.54) is 7.11 Å². The van der Waals surface area contributed by atoms with Crippen molar-refractivity contribution in [1.29, 1.82) is 0 Å². The van der Waals surface area contributed by atoms with Gasteiger partial charge in [0, 0.05) is 0 Å². The third kappa shape index (κ3) is 4.89. The van der Waals surface area contributed by atoms with Gasteiger partial charge in [-0.15, -0.1) is 0 Å². The molecule has 1 aliphatic rings. The molecular weight excluding hydrogens is 498 g/mol. The number of phenols is 1. The minimum absolute atomic E-state index is 0.0760. The number of hydrogen-bond donors (Lipinski definition) is 2. The smallest absolute Gasteiger partial charge is 0.224 e. The number of rotatable bonds is 8. The Morgan fingerprint density at radius 2 is 1.97 bits per heavy atom. The number of phenolic OH excluding ortho intramolecular Hbond substituents is 1. The predicted octanol–water partition coefficient (Wildman–Crippen LogP) is 5.88.